The van der Waals surface area contributed by atoms with E-state index in [4.69, 9.17) is 16.5 Å². The predicted octanol–water partition coefficient (Wildman–Crippen LogP) is 8.20. The molecule has 3 aromatic carbocycles. The average molecular weight is 700 g/mol. The summed E-state index contributed by atoms with van der Waals surface area (Å²) in [7, 11) is 0. The lowest BCUT2D eigenvalue weighted by Gasteiger charge is -2.29. The number of nitrogens with two attached hydrogens (primary N) is 5. The van der Waals surface area contributed by atoms with Crippen LogP contribution < -0.4 is 34.4 Å². The number of hydrogen-bond donors (Lipinski definition) is 7. The molecule has 0 fully saturated rings. The number of carbonyl (C=O) groups is 1. The van der Waals surface area contributed by atoms with Crippen molar-refractivity contribution >= 4 is 23.2 Å². The second-order valence-electron chi connectivity index (χ2n) is 11.0. The first-order chi connectivity index (χ1) is 24.7. The Morgan fingerprint density at radius 3 is 2.24 bits per heavy atom. The maximum Gasteiger partial charge on any atom is 0.337 e. The molecule has 0 amide bonds. The molecule has 1 atom stereocenters. The van der Waals surface area contributed by atoms with Crippen LogP contribution in [-0.4, -0.2) is 29.1 Å². The van der Waals surface area contributed by atoms with E-state index in [2.05, 4.69) is 78.5 Å². The van der Waals surface area contributed by atoms with Crippen molar-refractivity contribution in [1.29, 1.82) is 0 Å². The third kappa shape index (κ3) is 15.6. The van der Waals surface area contributed by atoms with Gasteiger partial charge in [0.1, 0.15) is 5.84 Å². The van der Waals surface area contributed by atoms with Crippen molar-refractivity contribution in [2.24, 2.45) is 28.3 Å². The third-order valence-corrected chi connectivity index (χ3v) is 7.66. The number of carboxylic acid groups (broad SMARTS) is 1. The number of rotatable bonds is 11. The average Bonchev–Trinajstić information content (AvgIpc) is 3.16. The van der Waals surface area contributed by atoms with E-state index >= 15 is 0 Å². The van der Waals surface area contributed by atoms with Crippen LogP contribution >= 0.6 is 0 Å². The lowest BCUT2D eigenvalue weighted by Crippen LogP contribution is -2.29. The number of aromatic carboxylic acids is 1. The minimum absolute atomic E-state index is 0.157. The van der Waals surface area contributed by atoms with Crippen molar-refractivity contribution in [3.05, 3.63) is 132 Å². The summed E-state index contributed by atoms with van der Waals surface area (Å²) in [5.74, 6) is 12.1. The van der Waals surface area contributed by atoms with Gasteiger partial charge in [0, 0.05) is 12.1 Å². The van der Waals surface area contributed by atoms with Crippen LogP contribution in [0.2, 0.25) is 0 Å². The van der Waals surface area contributed by atoms with Gasteiger partial charge < -0.3 is 26.7 Å². The second-order valence-corrected chi connectivity index (χ2v) is 11.0. The minimum Gasteiger partial charge on any atom is -0.478 e. The Morgan fingerprint density at radius 2 is 1.69 bits per heavy atom. The highest BCUT2D eigenvalue weighted by Crippen LogP contribution is 2.32. The lowest BCUT2D eigenvalue weighted by molar-refractivity contribution is 0.0698. The van der Waals surface area contributed by atoms with E-state index in [1.165, 1.54) is 0 Å². The van der Waals surface area contributed by atoms with Crippen molar-refractivity contribution < 1.29 is 14.7 Å². The van der Waals surface area contributed by atoms with Crippen molar-refractivity contribution in [3.8, 4) is 11.1 Å². The molecule has 0 bridgehead atoms. The van der Waals surface area contributed by atoms with Gasteiger partial charge in [0.25, 0.3) is 0 Å². The predicted molar refractivity (Wildman–Crippen MR) is 218 cm³/mol. The van der Waals surface area contributed by atoms with E-state index < -0.39 is 5.97 Å². The highest BCUT2D eigenvalue weighted by atomic mass is 16.6. The third-order valence-electron chi connectivity index (χ3n) is 7.66. The molecule has 0 spiro atoms. The van der Waals surface area contributed by atoms with Gasteiger partial charge in [0.05, 0.1) is 29.1 Å². The number of amidine groups is 1. The van der Waals surface area contributed by atoms with Gasteiger partial charge in [0.15, 0.2) is 0 Å². The van der Waals surface area contributed by atoms with E-state index in [9.17, 15) is 9.90 Å². The number of para-hydroxylation sites is 1. The van der Waals surface area contributed by atoms with Crippen LogP contribution in [0, 0.1) is 6.92 Å². The van der Waals surface area contributed by atoms with E-state index in [1.807, 2.05) is 76.3 Å². The summed E-state index contributed by atoms with van der Waals surface area (Å²) in [5, 5.41) is 12.7. The van der Waals surface area contributed by atoms with Gasteiger partial charge in [-0.3, -0.25) is 16.7 Å². The highest BCUT2D eigenvalue weighted by molar-refractivity contribution is 6.04. The Labute approximate surface area is 305 Å². The van der Waals surface area contributed by atoms with E-state index in [0.717, 1.165) is 53.5 Å². The first-order valence-corrected chi connectivity index (χ1v) is 17.3. The number of allylic oxidation sites excluding steroid dienone is 6. The standard InChI is InChI=1S/C30H34N4O2.C7H10.C2H7NO.C2H6.H4N2/c1-3-30(16-7-4-8-17-30)34-28(32)24-11-6-5-10-23(24)22-15-14-21(18-20(22)2)19-33-27-25(29(35)36)12-9-13-26(27)31;1-3-5-7-6-4-2;1-2-4-3;2*1-2/h5-7,9-16,18,33H,3-4,8,17,19,31H2,1-2H3,(H2,32,34)(H,35,36);3-7H,1H2,2H3;2-3H2,1H3;1-2H3;1-2H2/b;6-4-,7-5-;;;. The first kappa shape index (κ1) is 46.0. The Balaban J connectivity index is 0.00000142. The van der Waals surface area contributed by atoms with Gasteiger partial charge in [-0.05, 0) is 80.8 Å². The van der Waals surface area contributed by atoms with Crippen LogP contribution in [0.5, 0.6) is 0 Å². The van der Waals surface area contributed by atoms with Crippen LogP contribution in [0.1, 0.15) is 87.4 Å². The van der Waals surface area contributed by atoms with Gasteiger partial charge in [0.2, 0.25) is 0 Å². The number of nitrogen functional groups attached to an aromatic ring is 1. The molecule has 10 heteroatoms. The molecule has 0 aliphatic heterocycles. The molecular formula is C41H61N7O3. The molecule has 0 saturated heterocycles. The van der Waals surface area contributed by atoms with Crippen LogP contribution in [0.4, 0.5) is 11.4 Å². The molecule has 12 N–H and O–H groups in total. The van der Waals surface area contributed by atoms with Crippen LogP contribution in [0.3, 0.4) is 0 Å². The SMILES string of the molecule is C=C/C=C\C=C/C.CC.CCC1(N=C(N)c2ccccc2-c2ccc(CNc3c(N)cccc3C(=O)O)cc2C)C=CCCC1.CCON.NN. The van der Waals surface area contributed by atoms with Crippen molar-refractivity contribution in [1.82, 2.24) is 0 Å². The van der Waals surface area contributed by atoms with Crippen molar-refractivity contribution in [2.45, 2.75) is 79.3 Å². The largest absolute Gasteiger partial charge is 0.478 e. The number of benzene rings is 3. The first-order valence-electron chi connectivity index (χ1n) is 17.3. The quantitative estimate of drug-likeness (QED) is 0.0196. The highest BCUT2D eigenvalue weighted by Gasteiger charge is 2.26. The molecule has 51 heavy (non-hydrogen) atoms. The second kappa shape index (κ2) is 26.8. The summed E-state index contributed by atoms with van der Waals surface area (Å²) < 4.78 is 0. The fraction of sp³-hybridized carbons (Fsp3) is 0.317. The molecule has 1 aliphatic rings. The summed E-state index contributed by atoms with van der Waals surface area (Å²) in [4.78, 5) is 20.6. The zero-order valence-corrected chi connectivity index (χ0v) is 31.4. The van der Waals surface area contributed by atoms with E-state index in [1.54, 1.807) is 24.3 Å². The number of aryl methyl sites for hydroxylation is 1. The number of carboxylic acids is 1. The molecule has 0 saturated carbocycles. The maximum atomic E-state index is 11.6. The van der Waals surface area contributed by atoms with Crippen molar-refractivity contribution in [2.75, 3.05) is 17.7 Å². The van der Waals surface area contributed by atoms with E-state index in [-0.39, 0.29) is 11.1 Å². The maximum absolute atomic E-state index is 11.6. The summed E-state index contributed by atoms with van der Waals surface area (Å²) in [6.07, 6.45) is 18.1. The number of nitrogens with one attached hydrogen (secondary N) is 1. The number of nitrogens with zero attached hydrogens (tertiary/aromatic N) is 1. The summed E-state index contributed by atoms with van der Waals surface area (Å²) in [5.41, 5.74) is 18.6. The monoisotopic (exact) mass is 699 g/mol. The zero-order chi connectivity index (χ0) is 38.7. The molecule has 1 unspecified atom stereocenters. The molecule has 278 valence electrons. The summed E-state index contributed by atoms with van der Waals surface area (Å²) >= 11 is 0. The minimum atomic E-state index is -1.01. The number of hydrazine groups is 1. The molecule has 0 aromatic heterocycles. The lowest BCUT2D eigenvalue weighted by atomic mass is 9.85. The fourth-order valence-electron chi connectivity index (χ4n) is 5.15. The molecular weight excluding hydrogens is 638 g/mol. The van der Waals surface area contributed by atoms with Gasteiger partial charge in [-0.25, -0.2) is 10.7 Å². The van der Waals surface area contributed by atoms with Crippen LogP contribution in [0.15, 0.2) is 115 Å². The van der Waals surface area contributed by atoms with Crippen molar-refractivity contribution in [3.63, 3.8) is 0 Å². The summed E-state index contributed by atoms with van der Waals surface area (Å²) in [6.45, 7) is 16.6. The van der Waals surface area contributed by atoms with Gasteiger partial charge in [-0.15, -0.1) is 0 Å². The number of hydrogen-bond acceptors (Lipinski definition) is 8. The molecule has 10 nitrogen and oxygen atoms in total. The van der Waals surface area contributed by atoms with Gasteiger partial charge in [-0.1, -0.05) is 118 Å². The fourth-order valence-corrected chi connectivity index (χ4v) is 5.15. The van der Waals surface area contributed by atoms with E-state index in [0.29, 0.717) is 30.4 Å². The van der Waals surface area contributed by atoms with Crippen LogP contribution in [-0.2, 0) is 11.4 Å². The Kier molecular flexibility index (Phi) is 24.2. The molecule has 0 radical (unpaired) electrons. The molecule has 1 aliphatic carbocycles. The van der Waals surface area contributed by atoms with Gasteiger partial charge in [-0.2, -0.15) is 0 Å². The molecule has 3 aromatic rings. The van der Waals surface area contributed by atoms with Gasteiger partial charge >= 0.3 is 5.97 Å². The number of anilines is 2. The topological polar surface area (TPSA) is 201 Å². The number of aliphatic imine (C=N–C) groups is 1. The Morgan fingerprint density at radius 1 is 1.02 bits per heavy atom. The van der Waals surface area contributed by atoms with Crippen LogP contribution in [0.25, 0.3) is 11.1 Å². The Hall–Kier alpha value is -5.00. The summed E-state index contributed by atoms with van der Waals surface area (Å²) in [6, 6.07) is 19.2. The molecule has 4 rings (SSSR count). The Bertz CT molecular complexity index is 1580. The smallest absolute Gasteiger partial charge is 0.337 e. The molecule has 0 heterocycles. The zero-order valence-electron chi connectivity index (χ0n) is 31.4. The normalized spacial score (nSPS) is 14.8.